The van der Waals surface area contributed by atoms with Crippen molar-refractivity contribution in [3.8, 4) is 5.75 Å². The molecule has 1 fully saturated rings. The van der Waals surface area contributed by atoms with Crippen molar-refractivity contribution in [1.29, 1.82) is 0 Å². The molecule has 32 heavy (non-hydrogen) atoms. The van der Waals surface area contributed by atoms with Gasteiger partial charge in [-0.15, -0.1) is 0 Å². The molecule has 2 aromatic carbocycles. The Morgan fingerprint density at radius 1 is 1.03 bits per heavy atom. The Labute approximate surface area is 188 Å². The van der Waals surface area contributed by atoms with Crippen LogP contribution in [-0.2, 0) is 20.7 Å². The maximum absolute atomic E-state index is 13.1. The van der Waals surface area contributed by atoms with E-state index in [9.17, 15) is 9.59 Å². The molecule has 0 saturated carbocycles. The molecule has 2 heterocycles. The van der Waals surface area contributed by atoms with Crippen LogP contribution in [0.15, 0.2) is 48.5 Å². The van der Waals surface area contributed by atoms with Crippen molar-refractivity contribution >= 4 is 17.5 Å². The second-order valence-corrected chi connectivity index (χ2v) is 8.60. The van der Waals surface area contributed by atoms with Gasteiger partial charge in [0.05, 0.1) is 38.0 Å². The van der Waals surface area contributed by atoms with Crippen molar-refractivity contribution < 1.29 is 19.1 Å². The lowest BCUT2D eigenvalue weighted by Crippen LogP contribution is -2.54. The Kier molecular flexibility index (Phi) is 5.99. The fourth-order valence-electron chi connectivity index (χ4n) is 4.89. The predicted octanol–water partition coefficient (Wildman–Crippen LogP) is 2.31. The van der Waals surface area contributed by atoms with E-state index in [0.717, 1.165) is 24.9 Å². The normalized spacial score (nSPS) is 22.4. The first-order chi connectivity index (χ1) is 15.7. The summed E-state index contributed by atoms with van der Waals surface area (Å²) >= 11 is 0. The third kappa shape index (κ3) is 4.30. The quantitative estimate of drug-likeness (QED) is 0.798. The predicted molar refractivity (Wildman–Crippen MR) is 121 cm³/mol. The lowest BCUT2D eigenvalue weighted by molar-refractivity contribution is -0.142. The van der Waals surface area contributed by atoms with Crippen LogP contribution in [0, 0.1) is 0 Å². The van der Waals surface area contributed by atoms with E-state index in [1.807, 2.05) is 35.2 Å². The average Bonchev–Trinajstić information content (AvgIpc) is 2.84. The number of anilines is 1. The number of hydrogen-bond acceptors (Lipinski definition) is 5. The van der Waals surface area contributed by atoms with Gasteiger partial charge in [0, 0.05) is 13.1 Å². The summed E-state index contributed by atoms with van der Waals surface area (Å²) in [5.41, 5.74) is 3.38. The number of nitrogens with one attached hydrogen (secondary N) is 1. The molecule has 3 aliphatic rings. The highest BCUT2D eigenvalue weighted by Crippen LogP contribution is 2.34. The maximum atomic E-state index is 13.1. The lowest BCUT2D eigenvalue weighted by atomic mass is 9.88. The van der Waals surface area contributed by atoms with Crippen LogP contribution >= 0.6 is 0 Å². The minimum absolute atomic E-state index is 0.0366. The zero-order chi connectivity index (χ0) is 21.9. The van der Waals surface area contributed by atoms with Crippen molar-refractivity contribution in [2.45, 2.75) is 31.4 Å². The summed E-state index contributed by atoms with van der Waals surface area (Å²) in [4.78, 5) is 29.9. The molecule has 0 spiro atoms. The Balaban J connectivity index is 1.30. The van der Waals surface area contributed by atoms with Gasteiger partial charge in [0.2, 0.25) is 5.91 Å². The van der Waals surface area contributed by atoms with E-state index in [-0.39, 0.29) is 24.4 Å². The molecule has 0 aromatic heterocycles. The number of hydrogen-bond donors (Lipinski definition) is 1. The highest BCUT2D eigenvalue weighted by molar-refractivity contribution is 5.86. The van der Waals surface area contributed by atoms with Gasteiger partial charge in [-0.25, -0.2) is 0 Å². The minimum atomic E-state index is -0.633. The maximum Gasteiger partial charge on any atom is 0.265 e. The number of nitrogens with zero attached hydrogens (tertiary/aromatic N) is 2. The van der Waals surface area contributed by atoms with E-state index < -0.39 is 6.10 Å². The fourth-order valence-corrected chi connectivity index (χ4v) is 4.89. The Hall–Kier alpha value is -3.06. The molecule has 168 valence electrons. The number of benzene rings is 2. The second-order valence-electron chi connectivity index (χ2n) is 8.60. The summed E-state index contributed by atoms with van der Waals surface area (Å²) in [5.74, 6) is 0.552. The molecule has 5 rings (SSSR count). The molecule has 2 aliphatic heterocycles. The molecule has 0 radical (unpaired) electrons. The van der Waals surface area contributed by atoms with E-state index in [1.165, 1.54) is 11.1 Å². The van der Waals surface area contributed by atoms with Gasteiger partial charge in [0.1, 0.15) is 5.75 Å². The number of rotatable bonds is 4. The van der Waals surface area contributed by atoms with Crippen LogP contribution in [0.4, 0.5) is 5.69 Å². The van der Waals surface area contributed by atoms with E-state index in [0.29, 0.717) is 38.6 Å². The van der Waals surface area contributed by atoms with Gasteiger partial charge in [0.15, 0.2) is 6.10 Å². The van der Waals surface area contributed by atoms with Crippen LogP contribution in [-0.4, -0.2) is 62.2 Å². The van der Waals surface area contributed by atoms with Crippen molar-refractivity contribution in [3.05, 3.63) is 59.7 Å². The summed E-state index contributed by atoms with van der Waals surface area (Å²) < 4.78 is 11.4. The first-order valence-electron chi connectivity index (χ1n) is 11.4. The highest BCUT2D eigenvalue weighted by atomic mass is 16.5. The Morgan fingerprint density at radius 2 is 1.81 bits per heavy atom. The molecular weight excluding hydrogens is 406 g/mol. The van der Waals surface area contributed by atoms with Crippen molar-refractivity contribution in [3.63, 3.8) is 0 Å². The largest absolute Gasteiger partial charge is 0.477 e. The topological polar surface area (TPSA) is 71.1 Å². The summed E-state index contributed by atoms with van der Waals surface area (Å²) in [7, 11) is 0. The zero-order valence-electron chi connectivity index (χ0n) is 18.2. The summed E-state index contributed by atoms with van der Waals surface area (Å²) in [5, 5.41) is 3.23. The average molecular weight is 436 g/mol. The number of fused-ring (bicyclic) bond motifs is 2. The highest BCUT2D eigenvalue weighted by Gasteiger charge is 2.35. The summed E-state index contributed by atoms with van der Waals surface area (Å²) in [6.45, 7) is 2.77. The van der Waals surface area contributed by atoms with Gasteiger partial charge in [-0.05, 0) is 42.5 Å². The number of morpholine rings is 1. The number of ether oxygens (including phenoxy) is 2. The van der Waals surface area contributed by atoms with Gasteiger partial charge in [-0.3, -0.25) is 9.59 Å². The fraction of sp³-hybridized carbons (Fsp3) is 0.440. The van der Waals surface area contributed by atoms with E-state index in [1.54, 1.807) is 4.90 Å². The van der Waals surface area contributed by atoms with E-state index in [2.05, 4.69) is 23.5 Å². The number of aryl methyl sites for hydroxylation is 1. The van der Waals surface area contributed by atoms with Crippen LogP contribution in [0.5, 0.6) is 5.75 Å². The van der Waals surface area contributed by atoms with E-state index in [4.69, 9.17) is 9.47 Å². The van der Waals surface area contributed by atoms with Crippen molar-refractivity contribution in [2.75, 3.05) is 44.3 Å². The van der Waals surface area contributed by atoms with Crippen LogP contribution in [0.2, 0.25) is 0 Å². The van der Waals surface area contributed by atoms with Gasteiger partial charge in [-0.2, -0.15) is 0 Å². The molecule has 1 saturated heterocycles. The first-order valence-corrected chi connectivity index (χ1v) is 11.4. The SMILES string of the molecule is O=C(CN1C[C@@H](C(=O)N2CCOCC2)Oc2ccccc21)N[C@@H]1CCCc2ccccc21. The molecule has 1 N–H and O–H groups in total. The lowest BCUT2D eigenvalue weighted by Gasteiger charge is -2.38. The van der Waals surface area contributed by atoms with Crippen LogP contribution in [0.1, 0.15) is 30.0 Å². The number of para-hydroxylation sites is 2. The molecule has 2 aromatic rings. The number of amides is 2. The third-order valence-electron chi connectivity index (χ3n) is 6.50. The van der Waals surface area contributed by atoms with E-state index >= 15 is 0 Å². The molecule has 2 amide bonds. The summed E-state index contributed by atoms with van der Waals surface area (Å²) in [6, 6.07) is 16.0. The van der Waals surface area contributed by atoms with Crippen molar-refractivity contribution in [1.82, 2.24) is 10.2 Å². The van der Waals surface area contributed by atoms with Crippen molar-refractivity contribution in [2.24, 2.45) is 0 Å². The standard InChI is InChI=1S/C25H29N3O4/c29-24(26-20-9-5-7-18-6-1-2-8-19(18)20)17-28-16-23(25(30)27-12-14-31-15-13-27)32-22-11-4-3-10-21(22)28/h1-4,6,8,10-11,20,23H,5,7,9,12-17H2,(H,26,29)/t20-,23+/m1/s1. The zero-order valence-corrected chi connectivity index (χ0v) is 18.2. The smallest absolute Gasteiger partial charge is 0.265 e. The second kappa shape index (κ2) is 9.20. The van der Waals surface area contributed by atoms with Crippen LogP contribution < -0.4 is 15.0 Å². The number of carbonyl (C=O) groups excluding carboxylic acids is 2. The Morgan fingerprint density at radius 3 is 2.69 bits per heavy atom. The van der Waals surface area contributed by atoms with Gasteiger partial charge in [0.25, 0.3) is 5.91 Å². The Bertz CT molecular complexity index is 989. The van der Waals surface area contributed by atoms with Crippen LogP contribution in [0.3, 0.4) is 0 Å². The monoisotopic (exact) mass is 435 g/mol. The third-order valence-corrected chi connectivity index (χ3v) is 6.50. The molecule has 7 heteroatoms. The molecular formula is C25H29N3O4. The van der Waals surface area contributed by atoms with Gasteiger partial charge < -0.3 is 24.6 Å². The molecule has 2 atom stereocenters. The van der Waals surface area contributed by atoms with Crippen LogP contribution in [0.25, 0.3) is 0 Å². The first kappa shape index (κ1) is 20.8. The number of carbonyl (C=O) groups is 2. The molecule has 1 aliphatic carbocycles. The summed E-state index contributed by atoms with van der Waals surface area (Å²) in [6.07, 6.45) is 2.44. The molecule has 0 unspecified atom stereocenters. The van der Waals surface area contributed by atoms with Gasteiger partial charge in [-0.1, -0.05) is 36.4 Å². The van der Waals surface area contributed by atoms with Gasteiger partial charge >= 0.3 is 0 Å². The minimum Gasteiger partial charge on any atom is -0.477 e. The molecule has 0 bridgehead atoms. The molecule has 7 nitrogen and oxygen atoms in total.